The summed E-state index contributed by atoms with van der Waals surface area (Å²) in [6.45, 7) is 6.68. The summed E-state index contributed by atoms with van der Waals surface area (Å²) >= 11 is 0. The monoisotopic (exact) mass is 238 g/mol. The van der Waals surface area contributed by atoms with Gasteiger partial charge in [0.05, 0.1) is 0 Å². The topological polar surface area (TPSA) is 0 Å². The predicted molar refractivity (Wildman–Crippen MR) is 80.5 cm³/mol. The summed E-state index contributed by atoms with van der Waals surface area (Å²) in [7, 11) is 0. The molecule has 0 unspecified atom stereocenters. The van der Waals surface area contributed by atoms with Crippen LogP contribution in [0.3, 0.4) is 0 Å². The van der Waals surface area contributed by atoms with Crippen LogP contribution in [0.5, 0.6) is 0 Å². The first kappa shape index (κ1) is 12.9. The Morgan fingerprint density at radius 3 is 2.61 bits per heavy atom. The molecule has 18 heavy (non-hydrogen) atoms. The van der Waals surface area contributed by atoms with Gasteiger partial charge in [0, 0.05) is 0 Å². The highest BCUT2D eigenvalue weighted by atomic mass is 14.2. The standard InChI is InChI=1S/C18H22/c1-4-15(5-2)17-11-6-7-12-18(17)16-10-8-9-14(3)13-16/h6-10,12-13H,4-5,11H2,1-3H3. The van der Waals surface area contributed by atoms with Gasteiger partial charge in [-0.15, -0.1) is 0 Å². The lowest BCUT2D eigenvalue weighted by atomic mass is 9.86. The fourth-order valence-corrected chi connectivity index (χ4v) is 2.66. The van der Waals surface area contributed by atoms with Gasteiger partial charge in [-0.25, -0.2) is 0 Å². The molecule has 0 N–H and O–H groups in total. The van der Waals surface area contributed by atoms with Gasteiger partial charge >= 0.3 is 0 Å². The van der Waals surface area contributed by atoms with E-state index in [0.717, 1.165) is 19.3 Å². The van der Waals surface area contributed by atoms with Crippen molar-refractivity contribution in [2.75, 3.05) is 0 Å². The molecule has 0 heterocycles. The van der Waals surface area contributed by atoms with Crippen molar-refractivity contribution >= 4 is 5.57 Å². The summed E-state index contributed by atoms with van der Waals surface area (Å²) in [5, 5.41) is 0. The van der Waals surface area contributed by atoms with E-state index in [2.05, 4.69) is 63.3 Å². The van der Waals surface area contributed by atoms with Gasteiger partial charge in [0.2, 0.25) is 0 Å². The first-order valence-electron chi connectivity index (χ1n) is 6.91. The number of hydrogen-bond donors (Lipinski definition) is 0. The zero-order chi connectivity index (χ0) is 13.0. The zero-order valence-corrected chi connectivity index (χ0v) is 11.7. The predicted octanol–water partition coefficient (Wildman–Crippen LogP) is 5.45. The van der Waals surface area contributed by atoms with Gasteiger partial charge < -0.3 is 0 Å². The van der Waals surface area contributed by atoms with Crippen LogP contribution in [0.4, 0.5) is 0 Å². The van der Waals surface area contributed by atoms with Crippen LogP contribution in [0.25, 0.3) is 5.57 Å². The molecule has 0 saturated heterocycles. The molecule has 1 aliphatic carbocycles. The zero-order valence-electron chi connectivity index (χ0n) is 11.7. The van der Waals surface area contributed by atoms with Gasteiger partial charge in [-0.05, 0) is 42.9 Å². The van der Waals surface area contributed by atoms with Crippen molar-refractivity contribution in [3.63, 3.8) is 0 Å². The second kappa shape index (κ2) is 5.86. The molecule has 1 aromatic rings. The lowest BCUT2D eigenvalue weighted by Gasteiger charge is -2.18. The highest BCUT2D eigenvalue weighted by Crippen LogP contribution is 2.33. The molecule has 0 aromatic heterocycles. The van der Waals surface area contributed by atoms with Crippen LogP contribution in [0, 0.1) is 6.92 Å². The molecule has 0 amide bonds. The van der Waals surface area contributed by atoms with Crippen LogP contribution < -0.4 is 0 Å². The number of rotatable bonds is 3. The van der Waals surface area contributed by atoms with Gasteiger partial charge in [-0.1, -0.05) is 67.5 Å². The molecule has 0 spiro atoms. The lowest BCUT2D eigenvalue weighted by Crippen LogP contribution is -1.98. The first-order chi connectivity index (χ1) is 8.76. The first-order valence-corrected chi connectivity index (χ1v) is 6.91. The summed E-state index contributed by atoms with van der Waals surface area (Å²) in [5.74, 6) is 0. The van der Waals surface area contributed by atoms with E-state index in [1.165, 1.54) is 22.3 Å². The van der Waals surface area contributed by atoms with Gasteiger partial charge in [0.1, 0.15) is 0 Å². The summed E-state index contributed by atoms with van der Waals surface area (Å²) in [5.41, 5.74) is 7.23. The van der Waals surface area contributed by atoms with E-state index in [0.29, 0.717) is 0 Å². The van der Waals surface area contributed by atoms with Gasteiger partial charge in [-0.3, -0.25) is 0 Å². The maximum Gasteiger partial charge on any atom is -0.00886 e. The molecule has 1 aliphatic rings. The Balaban J connectivity index is 2.49. The van der Waals surface area contributed by atoms with Crippen LogP contribution in [0.2, 0.25) is 0 Å². The number of benzene rings is 1. The van der Waals surface area contributed by atoms with E-state index in [9.17, 15) is 0 Å². The quantitative estimate of drug-likeness (QED) is 0.656. The number of allylic oxidation sites excluding steroid dienone is 6. The van der Waals surface area contributed by atoms with Crippen LogP contribution in [0.15, 0.2) is 53.6 Å². The van der Waals surface area contributed by atoms with Crippen molar-refractivity contribution in [1.29, 1.82) is 0 Å². The van der Waals surface area contributed by atoms with Crippen LogP contribution in [-0.2, 0) is 0 Å². The van der Waals surface area contributed by atoms with Gasteiger partial charge in [-0.2, -0.15) is 0 Å². The average Bonchev–Trinajstić information content (AvgIpc) is 2.41. The molecule has 0 fully saturated rings. The summed E-state index contributed by atoms with van der Waals surface area (Å²) in [6, 6.07) is 8.82. The van der Waals surface area contributed by atoms with Crippen molar-refractivity contribution < 1.29 is 0 Å². The molecule has 0 bridgehead atoms. The Hall–Kier alpha value is -1.56. The Morgan fingerprint density at radius 1 is 1.17 bits per heavy atom. The molecular formula is C18H22. The highest BCUT2D eigenvalue weighted by molar-refractivity contribution is 5.82. The summed E-state index contributed by atoms with van der Waals surface area (Å²) < 4.78 is 0. The third-order valence-corrected chi connectivity index (χ3v) is 3.66. The Labute approximate surface area is 111 Å². The van der Waals surface area contributed by atoms with E-state index < -0.39 is 0 Å². The smallest absolute Gasteiger partial charge is 0.00886 e. The molecule has 1 aromatic carbocycles. The largest absolute Gasteiger partial charge is 0.0801 e. The fraction of sp³-hybridized carbons (Fsp3) is 0.333. The average molecular weight is 238 g/mol. The minimum atomic E-state index is 1.08. The van der Waals surface area contributed by atoms with Crippen molar-refractivity contribution in [3.05, 3.63) is 64.8 Å². The minimum Gasteiger partial charge on any atom is -0.0801 e. The third-order valence-electron chi connectivity index (χ3n) is 3.66. The second-order valence-electron chi connectivity index (χ2n) is 4.87. The molecule has 0 aliphatic heterocycles. The molecular weight excluding hydrogens is 216 g/mol. The summed E-state index contributed by atoms with van der Waals surface area (Å²) in [6.07, 6.45) is 10.1. The highest BCUT2D eigenvalue weighted by Gasteiger charge is 2.12. The van der Waals surface area contributed by atoms with E-state index in [-0.39, 0.29) is 0 Å². The SMILES string of the molecule is CCC(CC)=C1CC=CC=C1c1cccc(C)c1. The maximum atomic E-state index is 2.29. The Kier molecular flexibility index (Phi) is 4.19. The minimum absolute atomic E-state index is 1.08. The van der Waals surface area contributed by atoms with E-state index >= 15 is 0 Å². The van der Waals surface area contributed by atoms with Gasteiger partial charge in [0.25, 0.3) is 0 Å². The van der Waals surface area contributed by atoms with Crippen molar-refractivity contribution in [1.82, 2.24) is 0 Å². The van der Waals surface area contributed by atoms with E-state index in [1.54, 1.807) is 5.57 Å². The van der Waals surface area contributed by atoms with Crippen LogP contribution in [-0.4, -0.2) is 0 Å². The van der Waals surface area contributed by atoms with Crippen molar-refractivity contribution in [2.45, 2.75) is 40.0 Å². The molecule has 0 atom stereocenters. The molecule has 94 valence electrons. The molecule has 2 rings (SSSR count). The summed E-state index contributed by atoms with van der Waals surface area (Å²) in [4.78, 5) is 0. The van der Waals surface area contributed by atoms with Gasteiger partial charge in [0.15, 0.2) is 0 Å². The molecule has 0 heteroatoms. The molecule has 0 radical (unpaired) electrons. The number of aryl methyl sites for hydroxylation is 1. The van der Waals surface area contributed by atoms with E-state index in [4.69, 9.17) is 0 Å². The van der Waals surface area contributed by atoms with Crippen LogP contribution in [0.1, 0.15) is 44.2 Å². The third kappa shape index (κ3) is 2.64. The fourth-order valence-electron chi connectivity index (χ4n) is 2.66. The van der Waals surface area contributed by atoms with Crippen molar-refractivity contribution in [2.24, 2.45) is 0 Å². The maximum absolute atomic E-state index is 2.29. The van der Waals surface area contributed by atoms with E-state index in [1.807, 2.05) is 0 Å². The number of hydrogen-bond acceptors (Lipinski definition) is 0. The second-order valence-corrected chi connectivity index (χ2v) is 4.87. The normalized spacial score (nSPS) is 14.6. The Morgan fingerprint density at radius 2 is 1.94 bits per heavy atom. The Bertz CT molecular complexity index is 507. The lowest BCUT2D eigenvalue weighted by molar-refractivity contribution is 0.944. The van der Waals surface area contributed by atoms with Crippen molar-refractivity contribution in [3.8, 4) is 0 Å². The van der Waals surface area contributed by atoms with Crippen LogP contribution >= 0.6 is 0 Å². The molecule has 0 nitrogen and oxygen atoms in total. The molecule has 0 saturated carbocycles.